The van der Waals surface area contributed by atoms with Gasteiger partial charge in [-0.2, -0.15) is 0 Å². The number of hydrogen-bond donors (Lipinski definition) is 1. The van der Waals surface area contributed by atoms with E-state index < -0.39 is 5.60 Å². The van der Waals surface area contributed by atoms with Crippen molar-refractivity contribution in [3.05, 3.63) is 0 Å². The molecule has 1 heterocycles. The fourth-order valence-corrected chi connectivity index (χ4v) is 2.87. The average Bonchev–Trinajstić information content (AvgIpc) is 2.66. The van der Waals surface area contributed by atoms with Crippen molar-refractivity contribution >= 4 is 6.09 Å². The molecular formula is C12H22N2O2. The lowest BCUT2D eigenvalue weighted by Gasteiger charge is -2.28. The molecule has 1 aliphatic carbocycles. The number of hydrogen-bond acceptors (Lipinski definition) is 3. The van der Waals surface area contributed by atoms with Crippen LogP contribution < -0.4 is 5.73 Å². The van der Waals surface area contributed by atoms with Crippen LogP contribution >= 0.6 is 0 Å². The first-order valence-corrected chi connectivity index (χ1v) is 6.14. The first kappa shape index (κ1) is 11.7. The van der Waals surface area contributed by atoms with E-state index in [2.05, 4.69) is 0 Å². The number of fused-ring (bicyclic) bond motifs is 1. The van der Waals surface area contributed by atoms with Gasteiger partial charge in [0.25, 0.3) is 0 Å². The molecule has 0 aromatic carbocycles. The second-order valence-corrected chi connectivity index (χ2v) is 5.93. The summed E-state index contributed by atoms with van der Waals surface area (Å²) in [6, 6.07) is 0.599. The molecule has 0 aromatic heterocycles. The van der Waals surface area contributed by atoms with E-state index in [1.54, 1.807) is 0 Å². The summed E-state index contributed by atoms with van der Waals surface area (Å²) in [4.78, 5) is 13.9. The Hall–Kier alpha value is -0.770. The van der Waals surface area contributed by atoms with Crippen molar-refractivity contribution in [1.82, 2.24) is 4.90 Å². The molecule has 0 aromatic rings. The summed E-state index contributed by atoms with van der Waals surface area (Å²) in [7, 11) is 0. The van der Waals surface area contributed by atoms with Crippen molar-refractivity contribution in [2.45, 2.75) is 57.7 Å². The second kappa shape index (κ2) is 3.91. The molecule has 1 amide bonds. The highest BCUT2D eigenvalue weighted by molar-refractivity contribution is 5.69. The molecule has 3 atom stereocenters. The van der Waals surface area contributed by atoms with E-state index in [4.69, 9.17) is 10.5 Å². The van der Waals surface area contributed by atoms with Gasteiger partial charge in [-0.15, -0.1) is 0 Å². The molecule has 2 aliphatic rings. The maximum absolute atomic E-state index is 12.0. The molecule has 1 aliphatic heterocycles. The summed E-state index contributed by atoms with van der Waals surface area (Å²) in [6.07, 6.45) is 2.93. The van der Waals surface area contributed by atoms with Crippen LogP contribution in [0.1, 0.15) is 40.0 Å². The Kier molecular flexibility index (Phi) is 2.86. The SMILES string of the molecule is CC(C)(C)OC(=O)N1CC[C@@H]2[C@H](N)CC[C@@H]21. The van der Waals surface area contributed by atoms with E-state index in [1.807, 2.05) is 25.7 Å². The summed E-state index contributed by atoms with van der Waals surface area (Å²) in [5.41, 5.74) is 5.62. The van der Waals surface area contributed by atoms with Gasteiger partial charge in [-0.1, -0.05) is 0 Å². The monoisotopic (exact) mass is 226 g/mol. The highest BCUT2D eigenvalue weighted by Crippen LogP contribution is 2.37. The Morgan fingerprint density at radius 2 is 2.00 bits per heavy atom. The van der Waals surface area contributed by atoms with E-state index >= 15 is 0 Å². The van der Waals surface area contributed by atoms with Crippen LogP contribution in [-0.2, 0) is 4.74 Å². The minimum atomic E-state index is -0.407. The predicted molar refractivity (Wildman–Crippen MR) is 62.0 cm³/mol. The molecule has 1 saturated carbocycles. The van der Waals surface area contributed by atoms with Gasteiger partial charge in [-0.3, -0.25) is 0 Å². The topological polar surface area (TPSA) is 55.6 Å². The molecule has 0 spiro atoms. The van der Waals surface area contributed by atoms with Crippen molar-refractivity contribution in [3.63, 3.8) is 0 Å². The first-order chi connectivity index (χ1) is 7.38. The third kappa shape index (κ3) is 2.17. The van der Waals surface area contributed by atoms with Gasteiger partial charge in [-0.05, 0) is 46.0 Å². The van der Waals surface area contributed by atoms with Gasteiger partial charge in [0.15, 0.2) is 0 Å². The zero-order valence-corrected chi connectivity index (χ0v) is 10.4. The van der Waals surface area contributed by atoms with E-state index in [9.17, 15) is 4.79 Å². The van der Waals surface area contributed by atoms with Gasteiger partial charge in [-0.25, -0.2) is 4.79 Å². The number of nitrogens with two attached hydrogens (primary N) is 1. The summed E-state index contributed by atoms with van der Waals surface area (Å²) >= 11 is 0. The van der Waals surface area contributed by atoms with Crippen LogP contribution in [0.15, 0.2) is 0 Å². The standard InChI is InChI=1S/C12H22N2O2/c1-12(2,3)16-11(15)14-7-6-8-9(13)4-5-10(8)14/h8-10H,4-7,13H2,1-3H3/t8-,9-,10+/m1/s1. The number of carbonyl (C=O) groups excluding carboxylic acids is 1. The summed E-state index contributed by atoms with van der Waals surface area (Å²) in [6.45, 7) is 6.51. The lowest BCUT2D eigenvalue weighted by Crippen LogP contribution is -2.40. The van der Waals surface area contributed by atoms with E-state index in [0.29, 0.717) is 12.0 Å². The first-order valence-electron chi connectivity index (χ1n) is 6.14. The fourth-order valence-electron chi connectivity index (χ4n) is 2.87. The van der Waals surface area contributed by atoms with Gasteiger partial charge in [0, 0.05) is 18.6 Å². The van der Waals surface area contributed by atoms with E-state index in [1.165, 1.54) is 0 Å². The van der Waals surface area contributed by atoms with Crippen LogP contribution in [0.5, 0.6) is 0 Å². The lowest BCUT2D eigenvalue weighted by molar-refractivity contribution is 0.0218. The quantitative estimate of drug-likeness (QED) is 0.684. The number of nitrogens with zero attached hydrogens (tertiary/aromatic N) is 1. The summed E-state index contributed by atoms with van der Waals surface area (Å²) in [5, 5.41) is 0. The largest absolute Gasteiger partial charge is 0.444 e. The molecule has 4 nitrogen and oxygen atoms in total. The van der Waals surface area contributed by atoms with Crippen LogP contribution in [-0.4, -0.2) is 35.2 Å². The Morgan fingerprint density at radius 3 is 2.62 bits per heavy atom. The van der Waals surface area contributed by atoms with Crippen molar-refractivity contribution in [2.24, 2.45) is 11.7 Å². The van der Waals surface area contributed by atoms with Gasteiger partial charge < -0.3 is 15.4 Å². The van der Waals surface area contributed by atoms with Gasteiger partial charge in [0.05, 0.1) is 0 Å². The molecule has 1 saturated heterocycles. The van der Waals surface area contributed by atoms with Crippen LogP contribution in [0.4, 0.5) is 4.79 Å². The fraction of sp³-hybridized carbons (Fsp3) is 0.917. The molecular weight excluding hydrogens is 204 g/mol. The molecule has 4 heteroatoms. The summed E-state index contributed by atoms with van der Waals surface area (Å²) < 4.78 is 5.41. The Morgan fingerprint density at radius 1 is 1.31 bits per heavy atom. The Balaban J connectivity index is 1.99. The van der Waals surface area contributed by atoms with Gasteiger partial charge >= 0.3 is 6.09 Å². The minimum Gasteiger partial charge on any atom is -0.444 e. The number of amides is 1. The van der Waals surface area contributed by atoms with Gasteiger partial charge in [0.1, 0.15) is 5.60 Å². The number of rotatable bonds is 0. The molecule has 2 fully saturated rings. The third-order valence-corrected chi connectivity index (χ3v) is 3.57. The third-order valence-electron chi connectivity index (χ3n) is 3.57. The second-order valence-electron chi connectivity index (χ2n) is 5.93. The maximum atomic E-state index is 12.0. The van der Waals surface area contributed by atoms with Crippen molar-refractivity contribution in [3.8, 4) is 0 Å². The maximum Gasteiger partial charge on any atom is 0.410 e. The minimum absolute atomic E-state index is 0.172. The van der Waals surface area contributed by atoms with Crippen LogP contribution in [0.3, 0.4) is 0 Å². The molecule has 0 radical (unpaired) electrons. The molecule has 0 unspecified atom stereocenters. The van der Waals surface area contributed by atoms with Crippen LogP contribution in [0, 0.1) is 5.92 Å². The Labute approximate surface area is 97.1 Å². The normalized spacial score (nSPS) is 34.0. The lowest BCUT2D eigenvalue weighted by atomic mass is 10.0. The molecule has 0 bridgehead atoms. The smallest absolute Gasteiger partial charge is 0.410 e. The zero-order valence-electron chi connectivity index (χ0n) is 10.4. The number of carbonyl (C=O) groups is 1. The number of likely N-dealkylation sites (tertiary alicyclic amines) is 1. The van der Waals surface area contributed by atoms with Crippen molar-refractivity contribution in [1.29, 1.82) is 0 Å². The molecule has 2 N–H and O–H groups in total. The average molecular weight is 226 g/mol. The molecule has 2 rings (SSSR count). The Bertz CT molecular complexity index is 285. The highest BCUT2D eigenvalue weighted by atomic mass is 16.6. The van der Waals surface area contributed by atoms with Crippen molar-refractivity contribution < 1.29 is 9.53 Å². The summed E-state index contributed by atoms with van der Waals surface area (Å²) in [5.74, 6) is 0.493. The van der Waals surface area contributed by atoms with Crippen LogP contribution in [0.25, 0.3) is 0 Å². The zero-order chi connectivity index (χ0) is 11.9. The predicted octanol–water partition coefficient (Wildman–Crippen LogP) is 1.73. The van der Waals surface area contributed by atoms with Gasteiger partial charge in [0.2, 0.25) is 0 Å². The number of ether oxygens (including phenoxy) is 1. The highest BCUT2D eigenvalue weighted by Gasteiger charge is 2.45. The molecule has 92 valence electrons. The molecule has 16 heavy (non-hydrogen) atoms. The van der Waals surface area contributed by atoms with Crippen LogP contribution in [0.2, 0.25) is 0 Å². The van der Waals surface area contributed by atoms with E-state index in [-0.39, 0.29) is 12.1 Å². The van der Waals surface area contributed by atoms with Crippen molar-refractivity contribution in [2.75, 3.05) is 6.54 Å². The van der Waals surface area contributed by atoms with E-state index in [0.717, 1.165) is 25.8 Å².